The number of piperazine rings is 1. The smallest absolute Gasteiger partial charge is 0.236 e. The molecule has 3 aliphatic rings. The summed E-state index contributed by atoms with van der Waals surface area (Å²) in [7, 11) is 0. The molecule has 0 spiro atoms. The molecular weight excluding hydrogens is 368 g/mol. The number of hydrogen-bond donors (Lipinski definition) is 1. The molecule has 7 heteroatoms. The number of nitrogens with one attached hydrogen (secondary N) is 1. The van der Waals surface area contributed by atoms with Gasteiger partial charge in [0.05, 0.1) is 31.7 Å². The molecular formula is C22H30N4O3. The molecule has 0 saturated carbocycles. The van der Waals surface area contributed by atoms with Crippen molar-refractivity contribution in [2.45, 2.75) is 12.5 Å². The SMILES string of the molecule is C=CCNC(=O)[C@@H]1Cc2ccccc2N2CCN(CC(=O)N3CCOCC3)C[C@H]12. The molecule has 1 N–H and O–H groups in total. The molecule has 7 nitrogen and oxygen atoms in total. The van der Waals surface area contributed by atoms with E-state index in [2.05, 4.69) is 39.9 Å². The monoisotopic (exact) mass is 398 g/mol. The first-order chi connectivity index (χ1) is 14.2. The third-order valence-electron chi connectivity index (χ3n) is 6.19. The van der Waals surface area contributed by atoms with Gasteiger partial charge in [-0.3, -0.25) is 14.5 Å². The summed E-state index contributed by atoms with van der Waals surface area (Å²) >= 11 is 0. The van der Waals surface area contributed by atoms with Crippen molar-refractivity contribution in [3.05, 3.63) is 42.5 Å². The summed E-state index contributed by atoms with van der Waals surface area (Å²) in [5.41, 5.74) is 2.45. The van der Waals surface area contributed by atoms with E-state index in [0.29, 0.717) is 39.4 Å². The van der Waals surface area contributed by atoms with E-state index < -0.39 is 0 Å². The molecule has 0 bridgehead atoms. The van der Waals surface area contributed by atoms with Gasteiger partial charge in [-0.2, -0.15) is 0 Å². The molecule has 2 amide bonds. The minimum Gasteiger partial charge on any atom is -0.378 e. The molecule has 1 aromatic carbocycles. The van der Waals surface area contributed by atoms with E-state index in [1.54, 1.807) is 6.08 Å². The first-order valence-electron chi connectivity index (χ1n) is 10.5. The summed E-state index contributed by atoms with van der Waals surface area (Å²) in [6.45, 7) is 9.52. The van der Waals surface area contributed by atoms with Crippen LogP contribution in [0, 0.1) is 5.92 Å². The van der Waals surface area contributed by atoms with Crippen molar-refractivity contribution < 1.29 is 14.3 Å². The maximum absolute atomic E-state index is 12.9. The van der Waals surface area contributed by atoms with Crippen LogP contribution >= 0.6 is 0 Å². The van der Waals surface area contributed by atoms with Crippen LogP contribution in [0.15, 0.2) is 36.9 Å². The number of benzene rings is 1. The highest BCUT2D eigenvalue weighted by Gasteiger charge is 2.41. The van der Waals surface area contributed by atoms with Gasteiger partial charge in [0.1, 0.15) is 0 Å². The Morgan fingerprint density at radius 2 is 1.97 bits per heavy atom. The lowest BCUT2D eigenvalue weighted by molar-refractivity contribution is -0.136. The van der Waals surface area contributed by atoms with Crippen molar-refractivity contribution >= 4 is 17.5 Å². The number of anilines is 1. The number of carbonyl (C=O) groups is 2. The second-order valence-corrected chi connectivity index (χ2v) is 7.96. The summed E-state index contributed by atoms with van der Waals surface area (Å²) in [6, 6.07) is 8.43. The Hall–Kier alpha value is -2.38. The Morgan fingerprint density at radius 1 is 1.17 bits per heavy atom. The number of rotatable bonds is 5. The third kappa shape index (κ3) is 4.31. The van der Waals surface area contributed by atoms with Gasteiger partial charge in [0, 0.05) is 45.0 Å². The van der Waals surface area contributed by atoms with E-state index in [1.165, 1.54) is 11.3 Å². The topological polar surface area (TPSA) is 65.1 Å². The van der Waals surface area contributed by atoms with E-state index in [-0.39, 0.29) is 23.8 Å². The standard InChI is InChI=1S/C22H30N4O3/c1-2-7-23-22(28)18-14-17-5-3-4-6-19(17)26-9-8-24(15-20(18)26)16-21(27)25-10-12-29-13-11-25/h2-6,18,20H,1,7-16H2,(H,23,28)/t18-,20-/m1/s1. The van der Waals surface area contributed by atoms with Crippen molar-refractivity contribution in [3.63, 3.8) is 0 Å². The number of ether oxygens (including phenoxy) is 1. The highest BCUT2D eigenvalue weighted by atomic mass is 16.5. The predicted molar refractivity (Wildman–Crippen MR) is 112 cm³/mol. The minimum absolute atomic E-state index is 0.0655. The van der Waals surface area contributed by atoms with Gasteiger partial charge < -0.3 is 19.9 Å². The van der Waals surface area contributed by atoms with Gasteiger partial charge in [-0.1, -0.05) is 24.3 Å². The summed E-state index contributed by atoms with van der Waals surface area (Å²) in [5, 5.41) is 2.98. The van der Waals surface area contributed by atoms with Crippen LogP contribution in [0.25, 0.3) is 0 Å². The summed E-state index contributed by atoms with van der Waals surface area (Å²) in [6.07, 6.45) is 2.44. The summed E-state index contributed by atoms with van der Waals surface area (Å²) < 4.78 is 5.35. The molecule has 0 unspecified atom stereocenters. The quantitative estimate of drug-likeness (QED) is 0.733. The van der Waals surface area contributed by atoms with Crippen molar-refractivity contribution in [1.82, 2.24) is 15.1 Å². The zero-order chi connectivity index (χ0) is 20.2. The second kappa shape index (κ2) is 8.97. The van der Waals surface area contributed by atoms with Crippen molar-refractivity contribution in [2.24, 2.45) is 5.92 Å². The lowest BCUT2D eigenvalue weighted by Crippen LogP contribution is -2.62. The van der Waals surface area contributed by atoms with Crippen molar-refractivity contribution in [1.29, 1.82) is 0 Å². The molecule has 4 rings (SSSR count). The maximum Gasteiger partial charge on any atom is 0.236 e. The molecule has 2 fully saturated rings. The zero-order valence-corrected chi connectivity index (χ0v) is 16.9. The molecule has 2 saturated heterocycles. The maximum atomic E-state index is 12.9. The molecule has 0 aromatic heterocycles. The van der Waals surface area contributed by atoms with E-state index >= 15 is 0 Å². The fourth-order valence-electron chi connectivity index (χ4n) is 4.67. The number of hydrogen-bond acceptors (Lipinski definition) is 5. The van der Waals surface area contributed by atoms with Crippen LogP contribution in [0.1, 0.15) is 5.56 Å². The van der Waals surface area contributed by atoms with Crippen LogP contribution in [0.5, 0.6) is 0 Å². The fourth-order valence-corrected chi connectivity index (χ4v) is 4.67. The largest absolute Gasteiger partial charge is 0.378 e. The number of para-hydroxylation sites is 1. The lowest BCUT2D eigenvalue weighted by atomic mass is 9.83. The number of carbonyl (C=O) groups excluding carboxylic acids is 2. The first-order valence-corrected chi connectivity index (χ1v) is 10.5. The highest BCUT2D eigenvalue weighted by molar-refractivity contribution is 5.82. The number of morpholine rings is 1. The first kappa shape index (κ1) is 19.9. The Morgan fingerprint density at radius 3 is 2.76 bits per heavy atom. The van der Waals surface area contributed by atoms with Gasteiger partial charge in [0.2, 0.25) is 11.8 Å². The molecule has 2 atom stereocenters. The Labute approximate surface area is 172 Å². The van der Waals surface area contributed by atoms with Gasteiger partial charge in [0.25, 0.3) is 0 Å². The fraction of sp³-hybridized carbons (Fsp3) is 0.545. The average molecular weight is 399 g/mol. The van der Waals surface area contributed by atoms with Gasteiger partial charge >= 0.3 is 0 Å². The third-order valence-corrected chi connectivity index (χ3v) is 6.19. The molecule has 0 aliphatic carbocycles. The van der Waals surface area contributed by atoms with E-state index in [0.717, 1.165) is 26.1 Å². The van der Waals surface area contributed by atoms with E-state index in [1.807, 2.05) is 11.0 Å². The number of nitrogens with zero attached hydrogens (tertiary/aromatic N) is 3. The molecule has 0 radical (unpaired) electrons. The van der Waals surface area contributed by atoms with Gasteiger partial charge in [-0.25, -0.2) is 0 Å². The Kier molecular flexibility index (Phi) is 6.16. The van der Waals surface area contributed by atoms with E-state index in [4.69, 9.17) is 4.74 Å². The van der Waals surface area contributed by atoms with Gasteiger partial charge in [-0.05, 0) is 18.1 Å². The molecule has 156 valence electrons. The zero-order valence-electron chi connectivity index (χ0n) is 16.9. The number of amides is 2. The molecule has 3 aliphatic heterocycles. The van der Waals surface area contributed by atoms with Crippen LogP contribution in [-0.2, 0) is 20.7 Å². The van der Waals surface area contributed by atoms with Crippen LogP contribution in [0.2, 0.25) is 0 Å². The molecule has 1 aromatic rings. The number of fused-ring (bicyclic) bond motifs is 3. The summed E-state index contributed by atoms with van der Waals surface area (Å²) in [5.74, 6) is 0.0903. The van der Waals surface area contributed by atoms with E-state index in [9.17, 15) is 9.59 Å². The minimum atomic E-state index is -0.133. The Balaban J connectivity index is 1.49. The highest BCUT2D eigenvalue weighted by Crippen LogP contribution is 2.35. The van der Waals surface area contributed by atoms with Crippen LogP contribution in [0.3, 0.4) is 0 Å². The molecule has 3 heterocycles. The van der Waals surface area contributed by atoms with Crippen LogP contribution < -0.4 is 10.2 Å². The predicted octanol–water partition coefficient (Wildman–Crippen LogP) is 0.511. The second-order valence-electron chi connectivity index (χ2n) is 7.96. The lowest BCUT2D eigenvalue weighted by Gasteiger charge is -2.49. The van der Waals surface area contributed by atoms with Crippen molar-refractivity contribution in [3.8, 4) is 0 Å². The average Bonchev–Trinajstić information content (AvgIpc) is 2.77. The van der Waals surface area contributed by atoms with Crippen LogP contribution in [-0.4, -0.2) is 86.7 Å². The summed E-state index contributed by atoms with van der Waals surface area (Å²) in [4.78, 5) is 32.1. The van der Waals surface area contributed by atoms with Crippen LogP contribution in [0.4, 0.5) is 5.69 Å². The van der Waals surface area contributed by atoms with Crippen molar-refractivity contribution in [2.75, 3.05) is 63.9 Å². The molecule has 29 heavy (non-hydrogen) atoms. The van der Waals surface area contributed by atoms with Gasteiger partial charge in [0.15, 0.2) is 0 Å². The Bertz CT molecular complexity index is 762. The van der Waals surface area contributed by atoms with Gasteiger partial charge in [-0.15, -0.1) is 6.58 Å². The normalized spacial score (nSPS) is 24.4.